The molecule has 7 heteroatoms. The van der Waals surface area contributed by atoms with Gasteiger partial charge in [0, 0.05) is 30.2 Å². The number of fused-ring (bicyclic) bond motifs is 1. The second-order valence-corrected chi connectivity index (χ2v) is 9.10. The zero-order valence-corrected chi connectivity index (χ0v) is 17.8. The molecule has 0 bridgehead atoms. The number of benzene rings is 3. The van der Waals surface area contributed by atoms with E-state index >= 15 is 0 Å². The van der Waals surface area contributed by atoms with Crippen LogP contribution in [0.3, 0.4) is 0 Å². The Morgan fingerprint density at radius 2 is 1.58 bits per heavy atom. The number of primary sulfonamides is 1. The van der Waals surface area contributed by atoms with Crippen molar-refractivity contribution in [2.24, 2.45) is 5.14 Å². The fourth-order valence-corrected chi connectivity index (χ4v) is 4.20. The number of nitrogens with zero attached hydrogens (tertiary/aromatic N) is 1. The van der Waals surface area contributed by atoms with Gasteiger partial charge in [0.25, 0.3) is 0 Å². The molecule has 0 radical (unpaired) electrons. The van der Waals surface area contributed by atoms with Gasteiger partial charge in [-0.25, -0.2) is 17.9 Å². The van der Waals surface area contributed by atoms with Gasteiger partial charge in [-0.3, -0.25) is 0 Å². The predicted molar refractivity (Wildman–Crippen MR) is 121 cm³/mol. The van der Waals surface area contributed by atoms with E-state index in [4.69, 9.17) is 5.14 Å². The Morgan fingerprint density at radius 1 is 0.903 bits per heavy atom. The Bertz CT molecular complexity index is 1280. The molecule has 0 aliphatic heterocycles. The second kappa shape index (κ2) is 9.01. The highest BCUT2D eigenvalue weighted by atomic mass is 32.2. The van der Waals surface area contributed by atoms with Crippen molar-refractivity contribution in [2.75, 3.05) is 6.54 Å². The maximum Gasteiger partial charge on any atom is 0.238 e. The van der Waals surface area contributed by atoms with Crippen LogP contribution in [0.1, 0.15) is 16.7 Å². The third-order valence-corrected chi connectivity index (χ3v) is 6.22. The van der Waals surface area contributed by atoms with Gasteiger partial charge in [0.1, 0.15) is 5.82 Å². The molecule has 5 nitrogen and oxygen atoms in total. The molecule has 3 N–H and O–H groups in total. The quantitative estimate of drug-likeness (QED) is 0.412. The van der Waals surface area contributed by atoms with E-state index in [1.165, 1.54) is 35.2 Å². The summed E-state index contributed by atoms with van der Waals surface area (Å²) in [5.41, 5.74) is 4.42. The number of para-hydroxylation sites is 1. The van der Waals surface area contributed by atoms with Crippen LogP contribution in [0, 0.1) is 5.82 Å². The van der Waals surface area contributed by atoms with Crippen molar-refractivity contribution < 1.29 is 12.8 Å². The molecule has 4 aromatic rings. The number of nitrogens with two attached hydrogens (primary N) is 1. The summed E-state index contributed by atoms with van der Waals surface area (Å²) in [6.45, 7) is 2.15. The molecule has 1 heterocycles. The fourth-order valence-electron chi connectivity index (χ4n) is 3.68. The topological polar surface area (TPSA) is 77.1 Å². The first-order chi connectivity index (χ1) is 14.9. The van der Waals surface area contributed by atoms with E-state index < -0.39 is 10.0 Å². The Labute approximate surface area is 181 Å². The van der Waals surface area contributed by atoms with Gasteiger partial charge in [-0.2, -0.15) is 0 Å². The van der Waals surface area contributed by atoms with Gasteiger partial charge in [-0.1, -0.05) is 42.5 Å². The lowest BCUT2D eigenvalue weighted by Crippen LogP contribution is -2.17. The SMILES string of the molecule is NS(=O)(=O)c1ccc(CCNCc2cn(Cc3ccc(F)cc3)c3ccccc23)cc1. The minimum atomic E-state index is -3.66. The minimum Gasteiger partial charge on any atom is -0.343 e. The van der Waals surface area contributed by atoms with Crippen molar-refractivity contribution in [3.8, 4) is 0 Å². The first-order valence-electron chi connectivity index (χ1n) is 10.0. The molecule has 0 atom stereocenters. The molecule has 0 aliphatic carbocycles. The van der Waals surface area contributed by atoms with Crippen molar-refractivity contribution in [3.05, 3.63) is 102 Å². The van der Waals surface area contributed by atoms with Crippen LogP contribution in [0.2, 0.25) is 0 Å². The summed E-state index contributed by atoms with van der Waals surface area (Å²) in [6.07, 6.45) is 2.92. The van der Waals surface area contributed by atoms with Crippen LogP contribution < -0.4 is 10.5 Å². The molecule has 3 aromatic carbocycles. The average molecular weight is 438 g/mol. The van der Waals surface area contributed by atoms with Crippen LogP contribution in [0.15, 0.2) is 83.9 Å². The van der Waals surface area contributed by atoms with Crippen LogP contribution in [-0.2, 0) is 29.5 Å². The molecule has 0 fully saturated rings. The number of aromatic nitrogens is 1. The lowest BCUT2D eigenvalue weighted by molar-refractivity contribution is 0.597. The van der Waals surface area contributed by atoms with Gasteiger partial charge in [-0.05, 0) is 60.0 Å². The van der Waals surface area contributed by atoms with Crippen molar-refractivity contribution >= 4 is 20.9 Å². The van der Waals surface area contributed by atoms with Crippen molar-refractivity contribution in [3.63, 3.8) is 0 Å². The van der Waals surface area contributed by atoms with Crippen LogP contribution >= 0.6 is 0 Å². The Hall–Kier alpha value is -3.00. The molecule has 160 valence electrons. The number of rotatable bonds is 8. The third kappa shape index (κ3) is 5.19. The zero-order chi connectivity index (χ0) is 21.8. The molecule has 0 spiro atoms. The second-order valence-electron chi connectivity index (χ2n) is 7.54. The number of sulfonamides is 1. The highest BCUT2D eigenvalue weighted by Gasteiger charge is 2.09. The molecule has 0 saturated carbocycles. The van der Waals surface area contributed by atoms with Gasteiger partial charge in [-0.15, -0.1) is 0 Å². The summed E-state index contributed by atoms with van der Waals surface area (Å²) in [4.78, 5) is 0.123. The van der Waals surface area contributed by atoms with Crippen molar-refractivity contribution in [1.82, 2.24) is 9.88 Å². The number of halogens is 1. The summed E-state index contributed by atoms with van der Waals surface area (Å²) in [6, 6.07) is 21.5. The molecular weight excluding hydrogens is 413 g/mol. The van der Waals surface area contributed by atoms with Gasteiger partial charge in [0.15, 0.2) is 0 Å². The van der Waals surface area contributed by atoms with Gasteiger partial charge >= 0.3 is 0 Å². The summed E-state index contributed by atoms with van der Waals surface area (Å²) in [5, 5.41) is 9.79. The van der Waals surface area contributed by atoms with Crippen molar-refractivity contribution in [2.45, 2.75) is 24.4 Å². The van der Waals surface area contributed by atoms with E-state index in [0.717, 1.165) is 29.6 Å². The van der Waals surface area contributed by atoms with Gasteiger partial charge < -0.3 is 9.88 Å². The van der Waals surface area contributed by atoms with E-state index in [9.17, 15) is 12.8 Å². The first kappa shape index (κ1) is 21.2. The van der Waals surface area contributed by atoms with Gasteiger partial charge in [0.2, 0.25) is 10.0 Å². The number of nitrogens with one attached hydrogen (secondary N) is 1. The molecule has 0 saturated heterocycles. The van der Waals surface area contributed by atoms with E-state index in [0.29, 0.717) is 13.1 Å². The molecule has 4 rings (SSSR count). The number of hydrogen-bond donors (Lipinski definition) is 2. The molecule has 0 amide bonds. The van der Waals surface area contributed by atoms with Crippen molar-refractivity contribution in [1.29, 1.82) is 0 Å². The zero-order valence-electron chi connectivity index (χ0n) is 17.0. The molecule has 0 unspecified atom stereocenters. The minimum absolute atomic E-state index is 0.123. The summed E-state index contributed by atoms with van der Waals surface area (Å²) in [7, 11) is -3.66. The van der Waals surface area contributed by atoms with Crippen LogP contribution in [0.4, 0.5) is 4.39 Å². The highest BCUT2D eigenvalue weighted by molar-refractivity contribution is 7.89. The standard InChI is InChI=1S/C24H24FN3O2S/c25-21-9-5-19(6-10-21)16-28-17-20(23-3-1-2-4-24(23)28)15-27-14-13-18-7-11-22(12-8-18)31(26,29)30/h1-12,17,27H,13-16H2,(H2,26,29,30). The van der Waals surface area contributed by atoms with Gasteiger partial charge in [0.05, 0.1) is 4.90 Å². The Kier molecular flexibility index (Phi) is 6.18. The van der Waals surface area contributed by atoms with Crippen LogP contribution in [0.25, 0.3) is 10.9 Å². The first-order valence-corrected chi connectivity index (χ1v) is 11.6. The van der Waals surface area contributed by atoms with E-state index in [1.807, 2.05) is 24.3 Å². The summed E-state index contributed by atoms with van der Waals surface area (Å²) >= 11 is 0. The monoisotopic (exact) mass is 437 g/mol. The lowest BCUT2D eigenvalue weighted by Gasteiger charge is -2.06. The summed E-state index contributed by atoms with van der Waals surface area (Å²) < 4.78 is 38.1. The normalized spacial score (nSPS) is 11.8. The molecular formula is C24H24FN3O2S. The van der Waals surface area contributed by atoms with Crippen LogP contribution in [0.5, 0.6) is 0 Å². The highest BCUT2D eigenvalue weighted by Crippen LogP contribution is 2.22. The Balaban J connectivity index is 1.41. The maximum atomic E-state index is 13.2. The fraction of sp³-hybridized carbons (Fsp3) is 0.167. The average Bonchev–Trinajstić information content (AvgIpc) is 3.10. The van der Waals surface area contributed by atoms with Crippen LogP contribution in [-0.4, -0.2) is 19.5 Å². The third-order valence-electron chi connectivity index (χ3n) is 5.30. The Morgan fingerprint density at radius 3 is 2.29 bits per heavy atom. The lowest BCUT2D eigenvalue weighted by atomic mass is 10.1. The maximum absolute atomic E-state index is 13.2. The molecule has 0 aliphatic rings. The van der Waals surface area contributed by atoms with E-state index in [2.05, 4.69) is 28.2 Å². The molecule has 31 heavy (non-hydrogen) atoms. The largest absolute Gasteiger partial charge is 0.343 e. The smallest absolute Gasteiger partial charge is 0.238 e. The number of hydrogen-bond acceptors (Lipinski definition) is 3. The molecule has 1 aromatic heterocycles. The predicted octanol–water partition coefficient (Wildman–Crippen LogP) is 3.81. The van der Waals surface area contributed by atoms with E-state index in [-0.39, 0.29) is 10.7 Å². The summed E-state index contributed by atoms with van der Waals surface area (Å²) in [5.74, 6) is -0.231. The van der Waals surface area contributed by atoms with E-state index in [1.54, 1.807) is 12.1 Å².